The number of nitrogens with one attached hydrogen (secondary N) is 1. The summed E-state index contributed by atoms with van der Waals surface area (Å²) in [5.74, 6) is 1.90. The molecule has 2 rings (SSSR count). The van der Waals surface area contributed by atoms with Crippen LogP contribution < -0.4 is 10.1 Å². The van der Waals surface area contributed by atoms with Crippen LogP contribution in [0, 0.1) is 5.92 Å². The topological polar surface area (TPSA) is 55.4 Å². The van der Waals surface area contributed by atoms with Crippen LogP contribution >= 0.6 is 0 Å². The van der Waals surface area contributed by atoms with Crippen molar-refractivity contribution < 1.29 is 13.2 Å². The highest BCUT2D eigenvalue weighted by molar-refractivity contribution is 7.91. The van der Waals surface area contributed by atoms with Gasteiger partial charge in [-0.25, -0.2) is 8.42 Å². The summed E-state index contributed by atoms with van der Waals surface area (Å²) < 4.78 is 29.0. The maximum absolute atomic E-state index is 11.6. The molecule has 4 nitrogen and oxygen atoms in total. The van der Waals surface area contributed by atoms with Crippen molar-refractivity contribution in [2.24, 2.45) is 5.92 Å². The Labute approximate surface area is 127 Å². The first-order chi connectivity index (χ1) is 10.1. The highest BCUT2D eigenvalue weighted by Gasteiger charge is 2.26. The average Bonchev–Trinajstić information content (AvgIpc) is 2.51. The molecule has 2 unspecified atom stereocenters. The molecule has 0 aliphatic carbocycles. The van der Waals surface area contributed by atoms with Gasteiger partial charge in [-0.15, -0.1) is 0 Å². The van der Waals surface area contributed by atoms with Gasteiger partial charge in [0.05, 0.1) is 12.4 Å². The summed E-state index contributed by atoms with van der Waals surface area (Å²) in [6, 6.07) is 8.44. The highest BCUT2D eigenvalue weighted by atomic mass is 32.2. The summed E-state index contributed by atoms with van der Waals surface area (Å²) in [6.45, 7) is 2.40. The molecule has 0 spiro atoms. The van der Waals surface area contributed by atoms with Crippen LogP contribution in [0.15, 0.2) is 24.3 Å². The molecule has 1 aliphatic heterocycles. The lowest BCUT2D eigenvalue weighted by atomic mass is 9.88. The molecule has 1 N–H and O–H groups in total. The first kappa shape index (κ1) is 16.3. The number of hydrogen-bond acceptors (Lipinski definition) is 4. The van der Waals surface area contributed by atoms with E-state index in [4.69, 9.17) is 4.74 Å². The van der Waals surface area contributed by atoms with E-state index in [1.807, 2.05) is 25.2 Å². The molecule has 0 amide bonds. The van der Waals surface area contributed by atoms with Gasteiger partial charge < -0.3 is 10.1 Å². The van der Waals surface area contributed by atoms with E-state index in [0.29, 0.717) is 25.0 Å². The van der Waals surface area contributed by atoms with Gasteiger partial charge in [-0.3, -0.25) is 0 Å². The van der Waals surface area contributed by atoms with Crippen LogP contribution in [-0.2, 0) is 16.3 Å². The van der Waals surface area contributed by atoms with Gasteiger partial charge in [-0.05, 0) is 37.9 Å². The summed E-state index contributed by atoms with van der Waals surface area (Å²) in [4.78, 5) is 0. The lowest BCUT2D eigenvalue weighted by Crippen LogP contribution is -2.40. The quantitative estimate of drug-likeness (QED) is 0.837. The molecule has 0 radical (unpaired) electrons. The Balaban J connectivity index is 1.91. The van der Waals surface area contributed by atoms with E-state index >= 15 is 0 Å². The van der Waals surface area contributed by atoms with Gasteiger partial charge in [-0.1, -0.05) is 25.1 Å². The molecule has 21 heavy (non-hydrogen) atoms. The van der Waals surface area contributed by atoms with E-state index < -0.39 is 9.84 Å². The van der Waals surface area contributed by atoms with Crippen molar-refractivity contribution in [1.82, 2.24) is 5.32 Å². The van der Waals surface area contributed by atoms with E-state index in [2.05, 4.69) is 11.4 Å². The van der Waals surface area contributed by atoms with Crippen molar-refractivity contribution in [3.8, 4) is 5.75 Å². The summed E-state index contributed by atoms with van der Waals surface area (Å²) in [5, 5.41) is 3.33. The second-order valence-corrected chi connectivity index (χ2v) is 8.13. The lowest BCUT2D eigenvalue weighted by molar-refractivity contribution is 0.183. The van der Waals surface area contributed by atoms with Crippen molar-refractivity contribution in [2.75, 3.05) is 25.2 Å². The molecule has 1 aromatic rings. The number of benzene rings is 1. The second-order valence-electron chi connectivity index (χ2n) is 5.66. The molecule has 0 fully saturated rings. The third-order valence-corrected chi connectivity index (χ3v) is 6.05. The van der Waals surface area contributed by atoms with Gasteiger partial charge in [0.1, 0.15) is 15.6 Å². The number of sulfone groups is 1. The molecule has 5 heteroatoms. The molecule has 118 valence electrons. The highest BCUT2D eigenvalue weighted by Crippen LogP contribution is 2.29. The van der Waals surface area contributed by atoms with E-state index in [1.165, 1.54) is 5.56 Å². The molecule has 1 heterocycles. The van der Waals surface area contributed by atoms with Gasteiger partial charge in [0.2, 0.25) is 0 Å². The fourth-order valence-electron chi connectivity index (χ4n) is 2.89. The van der Waals surface area contributed by atoms with Gasteiger partial charge in [0.25, 0.3) is 0 Å². The van der Waals surface area contributed by atoms with E-state index in [9.17, 15) is 8.42 Å². The largest absolute Gasteiger partial charge is 0.493 e. The number of para-hydroxylation sites is 1. The minimum Gasteiger partial charge on any atom is -0.493 e. The van der Waals surface area contributed by atoms with E-state index in [0.717, 1.165) is 18.6 Å². The maximum Gasteiger partial charge on any atom is 0.150 e. The predicted octanol–water partition coefficient (Wildman–Crippen LogP) is 2.04. The maximum atomic E-state index is 11.6. The van der Waals surface area contributed by atoms with Crippen molar-refractivity contribution in [1.29, 1.82) is 0 Å². The minimum atomic E-state index is -2.86. The zero-order valence-electron chi connectivity index (χ0n) is 12.8. The monoisotopic (exact) mass is 311 g/mol. The zero-order valence-corrected chi connectivity index (χ0v) is 13.7. The number of rotatable bonds is 7. The first-order valence-corrected chi connectivity index (χ1v) is 9.46. The molecule has 0 bridgehead atoms. The predicted molar refractivity (Wildman–Crippen MR) is 85.5 cm³/mol. The number of ether oxygens (including phenoxy) is 1. The molecular formula is C16H25NO3S. The van der Waals surface area contributed by atoms with Crippen molar-refractivity contribution in [2.45, 2.75) is 32.2 Å². The first-order valence-electron chi connectivity index (χ1n) is 7.64. The Kier molecular flexibility index (Phi) is 5.65. The van der Waals surface area contributed by atoms with E-state index in [1.54, 1.807) is 6.92 Å². The Morgan fingerprint density at radius 2 is 2.14 bits per heavy atom. The molecular weight excluding hydrogens is 286 g/mol. The minimum absolute atomic E-state index is 0.233. The molecule has 0 saturated heterocycles. The Morgan fingerprint density at radius 3 is 2.86 bits per heavy atom. The van der Waals surface area contributed by atoms with Gasteiger partial charge >= 0.3 is 0 Å². The number of hydrogen-bond donors (Lipinski definition) is 1. The van der Waals surface area contributed by atoms with E-state index in [-0.39, 0.29) is 11.5 Å². The molecule has 1 aromatic carbocycles. The van der Waals surface area contributed by atoms with Gasteiger partial charge in [-0.2, -0.15) is 0 Å². The fraction of sp³-hybridized carbons (Fsp3) is 0.625. The Bertz CT molecular complexity index is 556. The van der Waals surface area contributed by atoms with Crippen molar-refractivity contribution >= 4 is 9.84 Å². The third kappa shape index (κ3) is 4.45. The average molecular weight is 311 g/mol. The summed E-state index contributed by atoms with van der Waals surface area (Å²) in [6.07, 6.45) is 2.56. The Hall–Kier alpha value is -1.07. The van der Waals surface area contributed by atoms with Crippen LogP contribution in [0.4, 0.5) is 0 Å². The standard InChI is InChI=1S/C16H25NO3S/c1-3-21(18,19)10-6-8-15(17-2)14-11-13-7-4-5-9-16(13)20-12-14/h4-5,7,9,14-15,17H,3,6,8,10-12H2,1-2H3. The van der Waals surface area contributed by atoms with Crippen LogP contribution in [0.25, 0.3) is 0 Å². The van der Waals surface area contributed by atoms with Crippen LogP contribution in [0.2, 0.25) is 0 Å². The van der Waals surface area contributed by atoms with Crippen molar-refractivity contribution in [3.63, 3.8) is 0 Å². The summed E-state index contributed by atoms with van der Waals surface area (Å²) in [5.41, 5.74) is 1.25. The van der Waals surface area contributed by atoms with Crippen LogP contribution in [0.5, 0.6) is 5.75 Å². The van der Waals surface area contributed by atoms with Gasteiger partial charge in [0.15, 0.2) is 0 Å². The molecule has 1 aliphatic rings. The normalized spacial score (nSPS) is 19.6. The molecule has 0 saturated carbocycles. The molecule has 2 atom stereocenters. The summed E-state index contributed by atoms with van der Waals surface area (Å²) in [7, 11) is -0.918. The lowest BCUT2D eigenvalue weighted by Gasteiger charge is -2.31. The second kappa shape index (κ2) is 7.27. The zero-order chi connectivity index (χ0) is 15.3. The Morgan fingerprint density at radius 1 is 1.38 bits per heavy atom. The SMILES string of the molecule is CCS(=O)(=O)CCCC(NC)C1COc2ccccc2C1. The van der Waals surface area contributed by atoms with Crippen LogP contribution in [0.1, 0.15) is 25.3 Å². The van der Waals surface area contributed by atoms with Crippen molar-refractivity contribution in [3.05, 3.63) is 29.8 Å². The molecule has 0 aromatic heterocycles. The third-order valence-electron chi connectivity index (χ3n) is 4.26. The number of fused-ring (bicyclic) bond motifs is 1. The summed E-state index contributed by atoms with van der Waals surface area (Å²) >= 11 is 0. The fourth-order valence-corrected chi connectivity index (χ4v) is 3.79. The van der Waals surface area contributed by atoms with Gasteiger partial charge in [0, 0.05) is 17.7 Å². The van der Waals surface area contributed by atoms with Crippen LogP contribution in [0.3, 0.4) is 0 Å². The smallest absolute Gasteiger partial charge is 0.150 e. The van der Waals surface area contributed by atoms with Crippen LogP contribution in [-0.4, -0.2) is 39.6 Å².